The smallest absolute Gasteiger partial charge is 0.235 e. The molecule has 302 valence electrons. The van der Waals surface area contributed by atoms with Gasteiger partial charge in [0, 0.05) is 54.8 Å². The molecular formula is C60H37N5. The van der Waals surface area contributed by atoms with E-state index >= 15 is 0 Å². The topological polar surface area (TPSA) is 40.6 Å². The number of rotatable bonds is 5. The van der Waals surface area contributed by atoms with Crippen LogP contribution in [0.4, 0.5) is 0 Å². The first-order valence-electron chi connectivity index (χ1n) is 22.2. The fourth-order valence-electron chi connectivity index (χ4n) is 10.5. The molecule has 0 aliphatic carbocycles. The van der Waals surface area contributed by atoms with Gasteiger partial charge in [0.15, 0.2) is 0 Å². The number of nitrogens with zero attached hydrogens (tertiary/aromatic N) is 5. The lowest BCUT2D eigenvalue weighted by atomic mass is 10.0. The second-order valence-corrected chi connectivity index (χ2v) is 17.0. The summed E-state index contributed by atoms with van der Waals surface area (Å²) in [5, 5.41) is 12.0. The average Bonchev–Trinajstić information content (AvgIpc) is 4.01. The molecule has 14 aromatic rings. The molecule has 0 aliphatic rings. The highest BCUT2D eigenvalue weighted by Gasteiger charge is 2.22. The summed E-state index contributed by atoms with van der Waals surface area (Å²) in [6, 6.07) is 80.9. The van der Waals surface area contributed by atoms with E-state index in [-0.39, 0.29) is 0 Å². The zero-order valence-electron chi connectivity index (χ0n) is 35.1. The molecule has 0 aliphatic heterocycles. The van der Waals surface area contributed by atoms with Gasteiger partial charge in [-0.15, -0.1) is 0 Å². The Hall–Kier alpha value is -8.80. The number of hydrogen-bond acceptors (Lipinski definition) is 2. The Bertz CT molecular complexity index is 4150. The Morgan fingerprint density at radius 3 is 1.31 bits per heavy atom. The van der Waals surface area contributed by atoms with Crippen LogP contribution in [0.25, 0.3) is 127 Å². The number of aromatic nitrogens is 5. The van der Waals surface area contributed by atoms with Crippen molar-refractivity contribution in [3.05, 3.63) is 224 Å². The normalized spacial score (nSPS) is 12.0. The van der Waals surface area contributed by atoms with E-state index in [0.717, 1.165) is 66.7 Å². The van der Waals surface area contributed by atoms with Crippen molar-refractivity contribution in [3.8, 4) is 39.8 Å². The van der Waals surface area contributed by atoms with Crippen LogP contribution in [-0.2, 0) is 0 Å². The van der Waals surface area contributed by atoms with Crippen LogP contribution in [0.5, 0.6) is 0 Å². The molecule has 5 nitrogen and oxygen atoms in total. The molecule has 4 aromatic heterocycles. The van der Waals surface area contributed by atoms with Crippen LogP contribution in [0.2, 0.25) is 0 Å². The summed E-state index contributed by atoms with van der Waals surface area (Å²) in [5.74, 6) is 0.625. The Labute approximate surface area is 373 Å². The maximum Gasteiger partial charge on any atom is 0.235 e. The standard InChI is InChI=1S/C60H37N5/c1-2-18-44(19-3-1)63-53-24-12-9-21-48(53)58-55(63)32-33-56-59(58)49-22-10-13-25-54(49)64(56)45-30-31-47-46-20-8-11-23-52(46)65(57(47)36-45)60-61-50(42-28-26-38-14-4-6-16-40(38)34-42)37-51(62-60)43-29-27-39-15-5-7-17-41(39)35-43/h1-37H. The van der Waals surface area contributed by atoms with Crippen molar-refractivity contribution >= 4 is 87.0 Å². The van der Waals surface area contributed by atoms with Crippen molar-refractivity contribution in [2.75, 3.05) is 0 Å². The fourth-order valence-corrected chi connectivity index (χ4v) is 10.5. The van der Waals surface area contributed by atoms with E-state index in [1.807, 2.05) is 0 Å². The first-order chi connectivity index (χ1) is 32.2. The summed E-state index contributed by atoms with van der Waals surface area (Å²) in [7, 11) is 0. The minimum atomic E-state index is 0.625. The van der Waals surface area contributed by atoms with Crippen LogP contribution in [0.1, 0.15) is 0 Å². The average molecular weight is 828 g/mol. The van der Waals surface area contributed by atoms with Gasteiger partial charge in [-0.3, -0.25) is 4.57 Å². The van der Waals surface area contributed by atoms with Gasteiger partial charge >= 0.3 is 0 Å². The first kappa shape index (κ1) is 35.8. The van der Waals surface area contributed by atoms with Gasteiger partial charge in [0.2, 0.25) is 5.95 Å². The summed E-state index contributed by atoms with van der Waals surface area (Å²) in [6.07, 6.45) is 0. The van der Waals surface area contributed by atoms with Crippen LogP contribution in [0, 0.1) is 0 Å². The monoisotopic (exact) mass is 827 g/mol. The molecule has 14 rings (SSSR count). The summed E-state index contributed by atoms with van der Waals surface area (Å²) in [6.45, 7) is 0. The lowest BCUT2D eigenvalue weighted by molar-refractivity contribution is 0.995. The number of fused-ring (bicyclic) bond motifs is 12. The molecule has 65 heavy (non-hydrogen) atoms. The fraction of sp³-hybridized carbons (Fsp3) is 0. The molecule has 0 fully saturated rings. The molecular weight excluding hydrogens is 791 g/mol. The highest BCUT2D eigenvalue weighted by atomic mass is 15.2. The van der Waals surface area contributed by atoms with Crippen molar-refractivity contribution in [2.24, 2.45) is 0 Å². The second-order valence-electron chi connectivity index (χ2n) is 17.0. The largest absolute Gasteiger partial charge is 0.309 e. The Morgan fingerprint density at radius 1 is 0.262 bits per heavy atom. The molecule has 0 bridgehead atoms. The van der Waals surface area contributed by atoms with Crippen LogP contribution in [0.15, 0.2) is 224 Å². The van der Waals surface area contributed by atoms with Gasteiger partial charge in [0.05, 0.1) is 44.5 Å². The van der Waals surface area contributed by atoms with Crippen LogP contribution in [0.3, 0.4) is 0 Å². The molecule has 0 amide bonds. The minimum Gasteiger partial charge on any atom is -0.309 e. The van der Waals surface area contributed by atoms with Gasteiger partial charge in [0.1, 0.15) is 0 Å². The number of benzene rings is 10. The molecule has 0 unspecified atom stereocenters. The van der Waals surface area contributed by atoms with Gasteiger partial charge in [-0.05, 0) is 94.3 Å². The van der Waals surface area contributed by atoms with E-state index in [1.54, 1.807) is 0 Å². The van der Waals surface area contributed by atoms with Crippen LogP contribution >= 0.6 is 0 Å². The van der Waals surface area contributed by atoms with E-state index in [9.17, 15) is 0 Å². The maximum absolute atomic E-state index is 5.47. The molecule has 10 aromatic carbocycles. The van der Waals surface area contributed by atoms with Gasteiger partial charge in [-0.2, -0.15) is 0 Å². The molecule has 0 atom stereocenters. The molecule has 5 heteroatoms. The summed E-state index contributed by atoms with van der Waals surface area (Å²) in [4.78, 5) is 10.9. The quantitative estimate of drug-likeness (QED) is 0.173. The molecule has 0 radical (unpaired) electrons. The number of para-hydroxylation sites is 4. The number of hydrogen-bond donors (Lipinski definition) is 0. The summed E-state index contributed by atoms with van der Waals surface area (Å²) < 4.78 is 7.11. The van der Waals surface area contributed by atoms with Gasteiger partial charge < -0.3 is 9.13 Å². The third-order valence-electron chi connectivity index (χ3n) is 13.4. The van der Waals surface area contributed by atoms with E-state index < -0.39 is 0 Å². The highest BCUT2D eigenvalue weighted by Crippen LogP contribution is 2.43. The molecule has 4 heterocycles. The predicted octanol–water partition coefficient (Wildman–Crippen LogP) is 15.4. The van der Waals surface area contributed by atoms with Crippen LogP contribution in [-0.4, -0.2) is 23.7 Å². The lowest BCUT2D eigenvalue weighted by Crippen LogP contribution is -2.04. The van der Waals surface area contributed by atoms with Crippen LogP contribution < -0.4 is 0 Å². The van der Waals surface area contributed by atoms with Crippen molar-refractivity contribution in [3.63, 3.8) is 0 Å². The van der Waals surface area contributed by atoms with Crippen molar-refractivity contribution in [2.45, 2.75) is 0 Å². The molecule has 0 spiro atoms. The van der Waals surface area contributed by atoms with E-state index in [4.69, 9.17) is 9.97 Å². The summed E-state index contributed by atoms with van der Waals surface area (Å²) in [5.41, 5.74) is 12.8. The van der Waals surface area contributed by atoms with E-state index in [1.165, 1.54) is 54.1 Å². The predicted molar refractivity (Wildman–Crippen MR) is 271 cm³/mol. The van der Waals surface area contributed by atoms with Crippen molar-refractivity contribution in [1.82, 2.24) is 23.7 Å². The Morgan fingerprint density at radius 2 is 0.723 bits per heavy atom. The second kappa shape index (κ2) is 13.9. The zero-order chi connectivity index (χ0) is 42.6. The third kappa shape index (κ3) is 5.39. The summed E-state index contributed by atoms with van der Waals surface area (Å²) >= 11 is 0. The zero-order valence-corrected chi connectivity index (χ0v) is 35.1. The van der Waals surface area contributed by atoms with Crippen molar-refractivity contribution < 1.29 is 0 Å². The third-order valence-corrected chi connectivity index (χ3v) is 13.4. The Kier molecular flexibility index (Phi) is 7.62. The Balaban J connectivity index is 1.04. The van der Waals surface area contributed by atoms with Gasteiger partial charge in [0.25, 0.3) is 0 Å². The van der Waals surface area contributed by atoms with Gasteiger partial charge in [-0.25, -0.2) is 9.97 Å². The highest BCUT2D eigenvalue weighted by molar-refractivity contribution is 6.29. The van der Waals surface area contributed by atoms with Crippen molar-refractivity contribution in [1.29, 1.82) is 0 Å². The van der Waals surface area contributed by atoms with E-state index in [2.05, 4.69) is 238 Å². The molecule has 0 saturated heterocycles. The first-order valence-corrected chi connectivity index (χ1v) is 22.2. The lowest BCUT2D eigenvalue weighted by Gasteiger charge is -2.13. The molecule has 0 saturated carbocycles. The van der Waals surface area contributed by atoms with Gasteiger partial charge in [-0.1, -0.05) is 152 Å². The van der Waals surface area contributed by atoms with E-state index in [0.29, 0.717) is 5.95 Å². The molecule has 0 N–H and O–H groups in total. The minimum absolute atomic E-state index is 0.625. The SMILES string of the molecule is c1ccc(-n2c3ccccc3c3c4c5ccccc5n(-c5ccc6c7ccccc7n(-c7nc(-c8ccc9ccccc9c8)cc(-c8ccc9ccccc9c8)n7)c6c5)c4ccc32)cc1. The maximum atomic E-state index is 5.47.